The number of carbonyl (C=O) groups excluding carboxylic acids is 1. The molecular weight excluding hydrogens is 273 g/mol. The first-order chi connectivity index (χ1) is 9.38. The minimum absolute atomic E-state index is 0.279. The molecular formula is C13H15F3N2O2. The Balaban J connectivity index is 2.33. The molecule has 1 atom stereocenters. The monoisotopic (exact) mass is 288 g/mol. The van der Waals surface area contributed by atoms with E-state index in [2.05, 4.69) is 4.74 Å². The molecule has 4 nitrogen and oxygen atoms in total. The second-order valence-corrected chi connectivity index (χ2v) is 4.63. The molecule has 110 valence electrons. The Morgan fingerprint density at radius 2 is 2.00 bits per heavy atom. The van der Waals surface area contributed by atoms with E-state index in [9.17, 15) is 18.0 Å². The van der Waals surface area contributed by atoms with E-state index in [0.717, 1.165) is 12.8 Å². The van der Waals surface area contributed by atoms with Gasteiger partial charge in [-0.2, -0.15) is 0 Å². The lowest BCUT2D eigenvalue weighted by atomic mass is 9.95. The predicted octanol–water partition coefficient (Wildman–Crippen LogP) is 3.19. The van der Waals surface area contributed by atoms with Crippen molar-refractivity contribution < 1.29 is 22.7 Å². The minimum atomic E-state index is -4.76. The molecule has 0 bridgehead atoms. The summed E-state index contributed by atoms with van der Waals surface area (Å²) in [6.07, 6.45) is -2.57. The molecule has 0 aliphatic carbocycles. The Morgan fingerprint density at radius 3 is 2.65 bits per heavy atom. The maximum absolute atomic E-state index is 12.4. The largest absolute Gasteiger partial charge is 0.573 e. The molecule has 2 rings (SSSR count). The van der Waals surface area contributed by atoms with Gasteiger partial charge in [0.25, 0.3) is 0 Å². The maximum Gasteiger partial charge on any atom is 0.573 e. The fourth-order valence-corrected chi connectivity index (χ4v) is 2.49. The van der Waals surface area contributed by atoms with Crippen LogP contribution in [0.4, 0.5) is 18.0 Å². The molecule has 1 aromatic carbocycles. The van der Waals surface area contributed by atoms with Crippen LogP contribution in [-0.4, -0.2) is 23.8 Å². The number of alkyl halides is 3. The number of urea groups is 1. The summed E-state index contributed by atoms with van der Waals surface area (Å²) in [7, 11) is 0. The van der Waals surface area contributed by atoms with E-state index in [-0.39, 0.29) is 5.75 Å². The van der Waals surface area contributed by atoms with Gasteiger partial charge in [0, 0.05) is 12.1 Å². The van der Waals surface area contributed by atoms with Crippen LogP contribution in [0.1, 0.15) is 30.9 Å². The lowest BCUT2D eigenvalue weighted by Crippen LogP contribution is -2.42. The Hall–Kier alpha value is -1.92. The average molecular weight is 288 g/mol. The van der Waals surface area contributed by atoms with Gasteiger partial charge in [-0.15, -0.1) is 13.2 Å². The Kier molecular flexibility index (Phi) is 4.06. The summed E-state index contributed by atoms with van der Waals surface area (Å²) in [6, 6.07) is 4.76. The molecule has 0 saturated carbocycles. The van der Waals surface area contributed by atoms with E-state index in [0.29, 0.717) is 18.5 Å². The van der Waals surface area contributed by atoms with E-state index in [1.165, 1.54) is 23.1 Å². The fourth-order valence-electron chi connectivity index (χ4n) is 2.49. The van der Waals surface area contributed by atoms with E-state index < -0.39 is 18.4 Å². The highest BCUT2D eigenvalue weighted by atomic mass is 19.4. The topological polar surface area (TPSA) is 55.6 Å². The van der Waals surface area contributed by atoms with E-state index in [1.54, 1.807) is 6.07 Å². The highest BCUT2D eigenvalue weighted by Gasteiger charge is 2.35. The number of ether oxygens (including phenoxy) is 1. The smallest absolute Gasteiger partial charge is 0.405 e. The van der Waals surface area contributed by atoms with Gasteiger partial charge in [-0.1, -0.05) is 18.2 Å². The molecule has 1 unspecified atom stereocenters. The summed E-state index contributed by atoms with van der Waals surface area (Å²) in [6.45, 7) is 0.445. The van der Waals surface area contributed by atoms with Gasteiger partial charge < -0.3 is 15.4 Å². The highest BCUT2D eigenvalue weighted by Crippen LogP contribution is 2.37. The van der Waals surface area contributed by atoms with Gasteiger partial charge in [0.05, 0.1) is 6.04 Å². The summed E-state index contributed by atoms with van der Waals surface area (Å²) in [5.74, 6) is -0.279. The molecule has 1 fully saturated rings. The summed E-state index contributed by atoms with van der Waals surface area (Å²) in [5.41, 5.74) is 5.63. The molecule has 1 aliphatic rings. The number of amides is 2. The Morgan fingerprint density at radius 1 is 1.30 bits per heavy atom. The summed E-state index contributed by atoms with van der Waals surface area (Å²) >= 11 is 0. The van der Waals surface area contributed by atoms with E-state index in [1.807, 2.05) is 0 Å². The number of nitrogens with two attached hydrogens (primary N) is 1. The first-order valence-corrected chi connectivity index (χ1v) is 6.29. The van der Waals surface area contributed by atoms with Crippen LogP contribution in [0.2, 0.25) is 0 Å². The third-order valence-corrected chi connectivity index (χ3v) is 3.29. The number of nitrogens with zero attached hydrogens (tertiary/aromatic N) is 1. The van der Waals surface area contributed by atoms with Crippen LogP contribution in [0.3, 0.4) is 0 Å². The first kappa shape index (κ1) is 14.5. The highest BCUT2D eigenvalue weighted by molar-refractivity contribution is 5.73. The number of hydrogen-bond donors (Lipinski definition) is 1. The van der Waals surface area contributed by atoms with Crippen LogP contribution in [0.25, 0.3) is 0 Å². The summed E-state index contributed by atoms with van der Waals surface area (Å²) in [4.78, 5) is 12.8. The standard InChI is InChI=1S/C13H15F3N2O2/c14-13(15,16)20-11-7-2-1-5-9(11)10-6-3-4-8-18(10)12(17)19/h1-2,5,7,10H,3-4,6,8H2,(H2,17,19). The van der Waals surface area contributed by atoms with Gasteiger partial charge in [-0.25, -0.2) is 4.79 Å². The van der Waals surface area contributed by atoms with Crippen molar-refractivity contribution in [1.29, 1.82) is 0 Å². The number of piperidine rings is 1. The number of rotatable bonds is 2. The number of primary amides is 1. The third-order valence-electron chi connectivity index (χ3n) is 3.29. The predicted molar refractivity (Wildman–Crippen MR) is 66.0 cm³/mol. The van der Waals surface area contributed by atoms with Crippen LogP contribution in [0, 0.1) is 0 Å². The van der Waals surface area contributed by atoms with Crippen molar-refractivity contribution in [1.82, 2.24) is 4.90 Å². The normalized spacial score (nSPS) is 19.8. The van der Waals surface area contributed by atoms with Crippen LogP contribution < -0.4 is 10.5 Å². The van der Waals surface area contributed by atoms with Crippen LogP contribution >= 0.6 is 0 Å². The molecule has 1 heterocycles. The van der Waals surface area contributed by atoms with E-state index >= 15 is 0 Å². The van der Waals surface area contributed by atoms with Gasteiger partial charge in [0.15, 0.2) is 0 Å². The van der Waals surface area contributed by atoms with Crippen LogP contribution in [0.5, 0.6) is 5.75 Å². The van der Waals surface area contributed by atoms with E-state index in [4.69, 9.17) is 5.73 Å². The van der Waals surface area contributed by atoms with Gasteiger partial charge >= 0.3 is 12.4 Å². The van der Waals surface area contributed by atoms with Crippen molar-refractivity contribution in [2.75, 3.05) is 6.54 Å². The zero-order valence-electron chi connectivity index (χ0n) is 10.7. The zero-order valence-corrected chi connectivity index (χ0v) is 10.7. The first-order valence-electron chi connectivity index (χ1n) is 6.29. The summed E-state index contributed by atoms with van der Waals surface area (Å²) in [5, 5.41) is 0. The molecule has 2 N–H and O–H groups in total. The number of hydrogen-bond acceptors (Lipinski definition) is 2. The number of carbonyl (C=O) groups is 1. The maximum atomic E-state index is 12.4. The molecule has 0 aromatic heterocycles. The van der Waals surface area contributed by atoms with Gasteiger partial charge in [-0.3, -0.25) is 0 Å². The van der Waals surface area contributed by atoms with Crippen LogP contribution in [-0.2, 0) is 0 Å². The van der Waals surface area contributed by atoms with Crippen molar-refractivity contribution in [3.05, 3.63) is 29.8 Å². The average Bonchev–Trinajstić information content (AvgIpc) is 2.37. The van der Waals surface area contributed by atoms with Gasteiger partial charge in [-0.05, 0) is 25.3 Å². The molecule has 20 heavy (non-hydrogen) atoms. The second kappa shape index (κ2) is 5.60. The summed E-state index contributed by atoms with van der Waals surface area (Å²) < 4.78 is 41.3. The van der Waals surface area contributed by atoms with Crippen LogP contribution in [0.15, 0.2) is 24.3 Å². The fraction of sp³-hybridized carbons (Fsp3) is 0.462. The number of benzene rings is 1. The Bertz CT molecular complexity index is 491. The van der Waals surface area contributed by atoms with Crippen molar-refractivity contribution in [3.8, 4) is 5.75 Å². The molecule has 1 aromatic rings. The molecule has 2 amide bonds. The molecule has 0 spiro atoms. The molecule has 0 radical (unpaired) electrons. The number of likely N-dealkylation sites (tertiary alicyclic amines) is 1. The number of halogens is 3. The molecule has 1 aliphatic heterocycles. The lowest BCUT2D eigenvalue weighted by Gasteiger charge is -2.35. The zero-order chi connectivity index (χ0) is 14.8. The molecule has 1 saturated heterocycles. The van der Waals surface area contributed by atoms with Crippen molar-refractivity contribution in [2.24, 2.45) is 5.73 Å². The van der Waals surface area contributed by atoms with Gasteiger partial charge in [0.1, 0.15) is 5.75 Å². The lowest BCUT2D eigenvalue weighted by molar-refractivity contribution is -0.275. The van der Waals surface area contributed by atoms with Crippen molar-refractivity contribution in [2.45, 2.75) is 31.7 Å². The number of para-hydroxylation sites is 1. The Labute approximate surface area is 114 Å². The van der Waals surface area contributed by atoms with Crippen molar-refractivity contribution in [3.63, 3.8) is 0 Å². The van der Waals surface area contributed by atoms with Gasteiger partial charge in [0.2, 0.25) is 0 Å². The quantitative estimate of drug-likeness (QED) is 0.908. The SMILES string of the molecule is NC(=O)N1CCCCC1c1ccccc1OC(F)(F)F. The van der Waals surface area contributed by atoms with Crippen molar-refractivity contribution >= 4 is 6.03 Å². The molecule has 7 heteroatoms. The minimum Gasteiger partial charge on any atom is -0.405 e. The second-order valence-electron chi connectivity index (χ2n) is 4.63. The third kappa shape index (κ3) is 3.34.